The third-order valence-electron chi connectivity index (χ3n) is 5.76. The van der Waals surface area contributed by atoms with E-state index in [4.69, 9.17) is 4.98 Å². The van der Waals surface area contributed by atoms with E-state index in [0.717, 1.165) is 57.7 Å². The zero-order chi connectivity index (χ0) is 20.4. The summed E-state index contributed by atoms with van der Waals surface area (Å²) < 4.78 is 4.93. The molecule has 1 aromatic carbocycles. The molecule has 29 heavy (non-hydrogen) atoms. The number of aromatic nitrogens is 4. The van der Waals surface area contributed by atoms with E-state index >= 15 is 0 Å². The van der Waals surface area contributed by atoms with Crippen LogP contribution in [0.4, 0.5) is 5.95 Å². The van der Waals surface area contributed by atoms with Crippen LogP contribution in [0, 0.1) is 0 Å². The summed E-state index contributed by atoms with van der Waals surface area (Å²) in [6, 6.07) is 10.3. The molecule has 0 fully saturated rings. The first-order chi connectivity index (χ1) is 14.1. The van der Waals surface area contributed by atoms with Gasteiger partial charge in [0.25, 0.3) is 5.56 Å². The first kappa shape index (κ1) is 19.5. The van der Waals surface area contributed by atoms with Gasteiger partial charge in [0.05, 0.1) is 0 Å². The summed E-state index contributed by atoms with van der Waals surface area (Å²) in [6.45, 7) is 4.99. The fourth-order valence-corrected chi connectivity index (χ4v) is 4.18. The van der Waals surface area contributed by atoms with Crippen molar-refractivity contribution in [1.82, 2.24) is 18.7 Å². The van der Waals surface area contributed by atoms with Crippen LogP contribution >= 0.6 is 0 Å². The fraction of sp³-hybridized carbons (Fsp3) is 0.500. The number of imidazole rings is 1. The maximum Gasteiger partial charge on any atom is 0.332 e. The summed E-state index contributed by atoms with van der Waals surface area (Å²) in [7, 11) is 1.72. The predicted octanol–water partition coefficient (Wildman–Crippen LogP) is 2.89. The Morgan fingerprint density at radius 1 is 1.03 bits per heavy atom. The highest BCUT2D eigenvalue weighted by molar-refractivity contribution is 5.75. The lowest BCUT2D eigenvalue weighted by Crippen LogP contribution is -2.40. The molecule has 0 radical (unpaired) electrons. The van der Waals surface area contributed by atoms with Crippen LogP contribution in [0.25, 0.3) is 11.2 Å². The molecule has 0 atom stereocenters. The van der Waals surface area contributed by atoms with Crippen molar-refractivity contribution in [2.75, 3.05) is 11.4 Å². The fourth-order valence-electron chi connectivity index (χ4n) is 4.18. The molecule has 0 saturated carbocycles. The Labute approximate surface area is 170 Å². The number of benzene rings is 1. The molecule has 0 unspecified atom stereocenters. The van der Waals surface area contributed by atoms with Gasteiger partial charge in [-0.05, 0) is 18.4 Å². The second-order valence-corrected chi connectivity index (χ2v) is 7.86. The van der Waals surface area contributed by atoms with Crippen molar-refractivity contribution in [2.24, 2.45) is 7.05 Å². The summed E-state index contributed by atoms with van der Waals surface area (Å²) in [4.78, 5) is 33.0. The second-order valence-electron chi connectivity index (χ2n) is 7.86. The van der Waals surface area contributed by atoms with Crippen molar-refractivity contribution in [3.05, 3.63) is 56.7 Å². The van der Waals surface area contributed by atoms with Crippen molar-refractivity contribution in [2.45, 2.75) is 58.7 Å². The van der Waals surface area contributed by atoms with Crippen LogP contribution in [-0.4, -0.2) is 25.2 Å². The van der Waals surface area contributed by atoms with Crippen molar-refractivity contribution >= 4 is 17.1 Å². The van der Waals surface area contributed by atoms with Gasteiger partial charge >= 0.3 is 5.69 Å². The van der Waals surface area contributed by atoms with Gasteiger partial charge < -0.3 is 9.47 Å². The molecular weight excluding hydrogens is 366 g/mol. The molecule has 0 saturated heterocycles. The normalized spacial score (nSPS) is 13.8. The molecule has 2 aromatic heterocycles. The maximum absolute atomic E-state index is 13.2. The molecule has 0 spiro atoms. The minimum atomic E-state index is -0.274. The first-order valence-corrected chi connectivity index (χ1v) is 10.6. The summed E-state index contributed by atoms with van der Waals surface area (Å²) in [6.07, 6.45) is 5.06. The van der Waals surface area contributed by atoms with Crippen LogP contribution in [0.15, 0.2) is 39.9 Å². The Hall–Kier alpha value is -2.83. The van der Waals surface area contributed by atoms with Gasteiger partial charge in [-0.1, -0.05) is 56.5 Å². The third-order valence-corrected chi connectivity index (χ3v) is 5.76. The molecule has 3 aromatic rings. The maximum atomic E-state index is 13.2. The van der Waals surface area contributed by atoms with E-state index in [9.17, 15) is 9.59 Å². The number of fused-ring (bicyclic) bond motifs is 3. The average molecular weight is 396 g/mol. The summed E-state index contributed by atoms with van der Waals surface area (Å²) in [5, 5.41) is 0. The van der Waals surface area contributed by atoms with Gasteiger partial charge in [0.2, 0.25) is 5.95 Å². The van der Waals surface area contributed by atoms with E-state index in [1.807, 2.05) is 22.8 Å². The SMILES string of the molecule is CCCCCCn1c(=O)c2c(nc3n2CCCN3Cc2ccccc2)n(C)c1=O. The molecule has 0 bridgehead atoms. The minimum absolute atomic E-state index is 0.208. The van der Waals surface area contributed by atoms with Crippen molar-refractivity contribution in [3.8, 4) is 0 Å². The number of hydrogen-bond donors (Lipinski definition) is 0. The predicted molar refractivity (Wildman–Crippen MR) is 115 cm³/mol. The largest absolute Gasteiger partial charge is 0.338 e. The van der Waals surface area contributed by atoms with Crippen LogP contribution in [0.3, 0.4) is 0 Å². The number of rotatable bonds is 7. The van der Waals surface area contributed by atoms with Crippen molar-refractivity contribution < 1.29 is 0 Å². The molecule has 7 heteroatoms. The Balaban J connectivity index is 1.76. The van der Waals surface area contributed by atoms with Crippen LogP contribution in [0.1, 0.15) is 44.6 Å². The highest BCUT2D eigenvalue weighted by Crippen LogP contribution is 2.25. The molecule has 7 nitrogen and oxygen atoms in total. The quantitative estimate of drug-likeness (QED) is 0.577. The van der Waals surface area contributed by atoms with Crippen LogP contribution < -0.4 is 16.1 Å². The average Bonchev–Trinajstić information content (AvgIpc) is 3.13. The van der Waals surface area contributed by atoms with E-state index in [0.29, 0.717) is 17.7 Å². The van der Waals surface area contributed by atoms with Gasteiger partial charge in [-0.3, -0.25) is 13.9 Å². The molecule has 0 amide bonds. The number of hydrogen-bond acceptors (Lipinski definition) is 4. The summed E-state index contributed by atoms with van der Waals surface area (Å²) in [5.74, 6) is 0.783. The zero-order valence-corrected chi connectivity index (χ0v) is 17.3. The van der Waals surface area contributed by atoms with E-state index in [2.05, 4.69) is 24.0 Å². The Bertz CT molecular complexity index is 1110. The standard InChI is InChI=1S/C22H29N5O2/c1-3-4-5-9-14-27-20(28)18-19(24(2)22(27)29)23-21-25(13-10-15-26(18)21)16-17-11-7-6-8-12-17/h6-8,11-12H,3-5,9-10,13-16H2,1-2H3. The number of anilines is 1. The van der Waals surface area contributed by atoms with E-state index in [1.54, 1.807) is 7.05 Å². The first-order valence-electron chi connectivity index (χ1n) is 10.6. The summed E-state index contributed by atoms with van der Waals surface area (Å²) >= 11 is 0. The lowest BCUT2D eigenvalue weighted by molar-refractivity contribution is 0.534. The van der Waals surface area contributed by atoms with Crippen LogP contribution in [0.5, 0.6) is 0 Å². The van der Waals surface area contributed by atoms with Crippen LogP contribution in [0.2, 0.25) is 0 Å². The van der Waals surface area contributed by atoms with Gasteiger partial charge in [0.1, 0.15) is 0 Å². The molecule has 154 valence electrons. The van der Waals surface area contributed by atoms with Gasteiger partial charge in [0, 0.05) is 33.2 Å². The molecular formula is C22H29N5O2. The smallest absolute Gasteiger partial charge is 0.332 e. The van der Waals surface area contributed by atoms with Gasteiger partial charge in [-0.25, -0.2) is 4.79 Å². The molecule has 0 N–H and O–H groups in total. The monoisotopic (exact) mass is 395 g/mol. The summed E-state index contributed by atoms with van der Waals surface area (Å²) in [5.41, 5.74) is 1.76. The van der Waals surface area contributed by atoms with Gasteiger partial charge in [-0.2, -0.15) is 4.98 Å². The van der Waals surface area contributed by atoms with Crippen molar-refractivity contribution in [3.63, 3.8) is 0 Å². The Morgan fingerprint density at radius 2 is 1.83 bits per heavy atom. The Morgan fingerprint density at radius 3 is 2.59 bits per heavy atom. The second kappa shape index (κ2) is 8.27. The molecule has 1 aliphatic heterocycles. The lowest BCUT2D eigenvalue weighted by atomic mass is 10.2. The number of nitrogens with zero attached hydrogens (tertiary/aromatic N) is 5. The molecule has 1 aliphatic rings. The minimum Gasteiger partial charge on any atom is -0.338 e. The number of aryl methyl sites for hydroxylation is 2. The zero-order valence-electron chi connectivity index (χ0n) is 17.3. The topological polar surface area (TPSA) is 65.1 Å². The van der Waals surface area contributed by atoms with E-state index in [1.165, 1.54) is 14.7 Å². The lowest BCUT2D eigenvalue weighted by Gasteiger charge is -2.29. The Kier molecular flexibility index (Phi) is 5.56. The molecule has 4 rings (SSSR count). The van der Waals surface area contributed by atoms with Crippen LogP contribution in [-0.2, 0) is 26.7 Å². The van der Waals surface area contributed by atoms with Gasteiger partial charge in [0.15, 0.2) is 11.2 Å². The van der Waals surface area contributed by atoms with Crippen molar-refractivity contribution in [1.29, 1.82) is 0 Å². The molecule has 0 aliphatic carbocycles. The third kappa shape index (κ3) is 3.61. The van der Waals surface area contributed by atoms with E-state index < -0.39 is 0 Å². The number of unbranched alkanes of at least 4 members (excludes halogenated alkanes) is 3. The van der Waals surface area contributed by atoms with Gasteiger partial charge in [-0.15, -0.1) is 0 Å². The highest BCUT2D eigenvalue weighted by Gasteiger charge is 2.26. The highest BCUT2D eigenvalue weighted by atomic mass is 16.2. The van der Waals surface area contributed by atoms with E-state index in [-0.39, 0.29) is 11.2 Å². The molecule has 3 heterocycles.